The normalized spacial score (nSPS) is 20.5. The molecule has 1 aliphatic heterocycles. The number of ether oxygens (including phenoxy) is 1. The molecule has 0 radical (unpaired) electrons. The van der Waals surface area contributed by atoms with Gasteiger partial charge in [-0.15, -0.1) is 0 Å². The molecule has 0 spiro atoms. The van der Waals surface area contributed by atoms with Crippen LogP contribution in [0.5, 0.6) is 0 Å². The van der Waals surface area contributed by atoms with Crippen LogP contribution in [0.25, 0.3) is 16.7 Å². The predicted molar refractivity (Wildman–Crippen MR) is 126 cm³/mol. The number of aromatic nitrogens is 2. The number of hydrogen-bond donors (Lipinski definition) is 2. The molecule has 0 bridgehead atoms. The molecule has 14 heteroatoms. The molecule has 2 N–H and O–H groups in total. The Morgan fingerprint density at radius 2 is 1.82 bits per heavy atom. The molecule has 0 unspecified atom stereocenters. The van der Waals surface area contributed by atoms with Gasteiger partial charge in [-0.1, -0.05) is 0 Å². The molecule has 3 heterocycles. The van der Waals surface area contributed by atoms with Crippen molar-refractivity contribution in [1.29, 1.82) is 0 Å². The lowest BCUT2D eigenvalue weighted by Gasteiger charge is -2.22. The van der Waals surface area contributed by atoms with Crippen LogP contribution in [0.2, 0.25) is 0 Å². The topological polar surface area (TPSA) is 96.7 Å². The van der Waals surface area contributed by atoms with Gasteiger partial charge in [0, 0.05) is 38.5 Å². The molecule has 208 valence electrons. The molecular weight excluding hydrogens is 534 g/mol. The highest BCUT2D eigenvalue weighted by Crippen LogP contribution is 2.40. The first kappa shape index (κ1) is 26.9. The summed E-state index contributed by atoms with van der Waals surface area (Å²) in [7, 11) is 1.40. The highest BCUT2D eigenvalue weighted by Gasteiger charge is 2.50. The average Bonchev–Trinajstić information content (AvgIpc) is 3.62. The van der Waals surface area contributed by atoms with Gasteiger partial charge in [-0.25, -0.2) is 18.2 Å². The minimum Gasteiger partial charge on any atom is -0.388 e. The Labute approximate surface area is 216 Å². The van der Waals surface area contributed by atoms with E-state index in [-0.39, 0.29) is 42.8 Å². The number of amides is 1. The second-order valence-electron chi connectivity index (χ2n) is 9.58. The van der Waals surface area contributed by atoms with E-state index in [0.717, 1.165) is 0 Å². The number of β-amino-alcohol motifs (C(OH)–C–C–N with tert-alkyl or cyclic N) is 1. The van der Waals surface area contributed by atoms with Crippen LogP contribution in [-0.2, 0) is 4.74 Å². The Morgan fingerprint density at radius 3 is 2.38 bits per heavy atom. The SMILES string of the molecule is CO[C@@H]1CN(c2ccc3c(=O)c(C(=O)N[C@@H](C4CC4)C(F)(F)F)cn(-c4c(F)cc(F)cc4F)c3n2)C[C@H]1O. The molecule has 1 aliphatic carbocycles. The van der Waals surface area contributed by atoms with Crippen molar-refractivity contribution in [2.24, 2.45) is 5.92 Å². The van der Waals surface area contributed by atoms with Crippen LogP contribution in [0.1, 0.15) is 23.2 Å². The number of carbonyl (C=O) groups excluding carboxylic acids is 1. The third-order valence-corrected chi connectivity index (χ3v) is 6.90. The fourth-order valence-electron chi connectivity index (χ4n) is 4.76. The standard InChI is InChI=1S/C25H22F6N4O4/c1-39-18-10-34(9-17(18)36)19-5-4-13-21(37)14(24(38)33-22(11-2-3-11)25(29,30)31)8-35(23(13)32-19)20-15(27)6-12(26)7-16(20)28/h4-8,11,17-18,22,36H,2-3,9-10H2,1H3,(H,33,38)/t17-,18-,22+/m1/s1. The summed E-state index contributed by atoms with van der Waals surface area (Å²) in [4.78, 5) is 32.1. The van der Waals surface area contributed by atoms with Gasteiger partial charge >= 0.3 is 6.18 Å². The number of fused-ring (bicyclic) bond motifs is 1. The second-order valence-corrected chi connectivity index (χ2v) is 9.58. The van der Waals surface area contributed by atoms with Gasteiger partial charge in [-0.05, 0) is 30.9 Å². The largest absolute Gasteiger partial charge is 0.408 e. The molecule has 3 atom stereocenters. The van der Waals surface area contributed by atoms with E-state index in [1.165, 1.54) is 19.2 Å². The van der Waals surface area contributed by atoms with Gasteiger partial charge < -0.3 is 20.1 Å². The number of carbonyl (C=O) groups is 1. The predicted octanol–water partition coefficient (Wildman–Crippen LogP) is 3.07. The number of aliphatic hydroxyl groups excluding tert-OH is 1. The maximum atomic E-state index is 14.9. The Bertz CT molecular complexity index is 1480. The van der Waals surface area contributed by atoms with Gasteiger partial charge in [-0.3, -0.25) is 14.2 Å². The summed E-state index contributed by atoms with van der Waals surface area (Å²) in [5.41, 5.74) is -3.07. The lowest BCUT2D eigenvalue weighted by molar-refractivity contribution is -0.158. The third-order valence-electron chi connectivity index (χ3n) is 6.90. The van der Waals surface area contributed by atoms with E-state index in [4.69, 9.17) is 4.74 Å². The fraction of sp³-hybridized carbons (Fsp3) is 0.400. The van der Waals surface area contributed by atoms with Gasteiger partial charge in [-0.2, -0.15) is 13.2 Å². The van der Waals surface area contributed by atoms with Gasteiger partial charge in [0.15, 0.2) is 17.3 Å². The number of anilines is 1. The number of rotatable bonds is 6. The van der Waals surface area contributed by atoms with Crippen molar-refractivity contribution in [3.8, 4) is 5.69 Å². The molecule has 2 aromatic heterocycles. The van der Waals surface area contributed by atoms with Gasteiger partial charge in [0.1, 0.15) is 35.0 Å². The minimum absolute atomic E-state index is 0.0843. The zero-order valence-electron chi connectivity index (χ0n) is 20.3. The van der Waals surface area contributed by atoms with Crippen LogP contribution >= 0.6 is 0 Å². The smallest absolute Gasteiger partial charge is 0.388 e. The molecule has 1 amide bonds. The summed E-state index contributed by atoms with van der Waals surface area (Å²) < 4.78 is 89.9. The van der Waals surface area contributed by atoms with Crippen LogP contribution in [0, 0.1) is 23.4 Å². The number of nitrogens with zero attached hydrogens (tertiary/aromatic N) is 3. The molecule has 2 fully saturated rings. The average molecular weight is 556 g/mol. The number of nitrogens with one attached hydrogen (secondary N) is 1. The Balaban J connectivity index is 1.67. The molecule has 1 saturated carbocycles. The molecule has 5 rings (SSSR count). The molecule has 1 aromatic carbocycles. The van der Waals surface area contributed by atoms with E-state index in [1.807, 2.05) is 5.32 Å². The van der Waals surface area contributed by atoms with E-state index in [1.54, 1.807) is 4.90 Å². The van der Waals surface area contributed by atoms with E-state index >= 15 is 0 Å². The number of benzene rings is 1. The summed E-state index contributed by atoms with van der Waals surface area (Å²) in [6, 6.07) is 1.11. The van der Waals surface area contributed by atoms with E-state index < -0.39 is 70.4 Å². The van der Waals surface area contributed by atoms with Crippen LogP contribution in [0.15, 0.2) is 35.3 Å². The van der Waals surface area contributed by atoms with Gasteiger partial charge in [0.2, 0.25) is 5.43 Å². The van der Waals surface area contributed by atoms with Crippen molar-refractivity contribution in [1.82, 2.24) is 14.9 Å². The third kappa shape index (κ3) is 5.05. The second kappa shape index (κ2) is 9.83. The van der Waals surface area contributed by atoms with Crippen molar-refractivity contribution in [3.63, 3.8) is 0 Å². The van der Waals surface area contributed by atoms with Crippen LogP contribution in [0.4, 0.5) is 32.2 Å². The van der Waals surface area contributed by atoms with Gasteiger partial charge in [0.05, 0.1) is 11.5 Å². The Hall–Kier alpha value is -3.65. The maximum absolute atomic E-state index is 14.9. The van der Waals surface area contributed by atoms with Crippen molar-refractivity contribution in [2.45, 2.75) is 37.3 Å². The highest BCUT2D eigenvalue weighted by molar-refractivity contribution is 5.97. The highest BCUT2D eigenvalue weighted by atomic mass is 19.4. The van der Waals surface area contributed by atoms with Gasteiger partial charge in [0.25, 0.3) is 5.91 Å². The van der Waals surface area contributed by atoms with Crippen LogP contribution in [0.3, 0.4) is 0 Å². The zero-order valence-corrected chi connectivity index (χ0v) is 20.3. The van der Waals surface area contributed by atoms with E-state index in [2.05, 4.69) is 4.98 Å². The quantitative estimate of drug-likeness (QED) is 0.454. The fourth-order valence-corrected chi connectivity index (χ4v) is 4.76. The monoisotopic (exact) mass is 556 g/mol. The van der Waals surface area contributed by atoms with Crippen molar-refractivity contribution in [2.75, 3.05) is 25.1 Å². The summed E-state index contributed by atoms with van der Waals surface area (Å²) in [6.07, 6.45) is -5.05. The first-order valence-corrected chi connectivity index (χ1v) is 11.9. The van der Waals surface area contributed by atoms with Crippen LogP contribution in [-0.4, -0.2) is 65.2 Å². The summed E-state index contributed by atoms with van der Waals surface area (Å²) in [5.74, 6) is -6.10. The van der Waals surface area contributed by atoms with Crippen LogP contribution < -0.4 is 15.6 Å². The summed E-state index contributed by atoms with van der Waals surface area (Å²) >= 11 is 0. The first-order chi connectivity index (χ1) is 18.4. The molecule has 39 heavy (non-hydrogen) atoms. The summed E-state index contributed by atoms with van der Waals surface area (Å²) in [6.45, 7) is 0.279. The number of aliphatic hydroxyl groups is 1. The molecular formula is C25H22F6N4O4. The number of pyridine rings is 2. The van der Waals surface area contributed by atoms with E-state index in [9.17, 15) is 41.0 Å². The number of alkyl halides is 3. The molecule has 2 aliphatic rings. The van der Waals surface area contributed by atoms with E-state index in [0.29, 0.717) is 22.9 Å². The number of hydrogen-bond acceptors (Lipinski definition) is 6. The minimum atomic E-state index is -4.78. The first-order valence-electron chi connectivity index (χ1n) is 11.9. The molecule has 3 aromatic rings. The number of methoxy groups -OCH3 is 1. The summed E-state index contributed by atoms with van der Waals surface area (Å²) in [5, 5.41) is 11.7. The molecule has 1 saturated heterocycles. The molecule has 8 nitrogen and oxygen atoms in total. The lowest BCUT2D eigenvalue weighted by Crippen LogP contribution is -2.48. The maximum Gasteiger partial charge on any atom is 0.408 e. The Kier molecular flexibility index (Phi) is 6.79. The zero-order chi connectivity index (χ0) is 28.2. The number of halogens is 6. The Morgan fingerprint density at radius 1 is 1.15 bits per heavy atom. The van der Waals surface area contributed by atoms with Crippen molar-refractivity contribution in [3.05, 3.63) is 63.7 Å². The van der Waals surface area contributed by atoms with Crippen molar-refractivity contribution >= 4 is 22.8 Å². The lowest BCUT2D eigenvalue weighted by atomic mass is 10.1. The van der Waals surface area contributed by atoms with Crippen molar-refractivity contribution < 1.29 is 41.0 Å².